The van der Waals surface area contributed by atoms with Crippen LogP contribution >= 0.6 is 34.8 Å². The molecule has 2 aliphatic rings. The van der Waals surface area contributed by atoms with Gasteiger partial charge in [0.2, 0.25) is 0 Å². The first kappa shape index (κ1) is 24.7. The number of rotatable bonds is 5. The van der Waals surface area contributed by atoms with Crippen molar-refractivity contribution in [3.63, 3.8) is 0 Å². The van der Waals surface area contributed by atoms with Gasteiger partial charge in [-0.3, -0.25) is 19.2 Å². The molecule has 0 N–H and O–H groups in total. The summed E-state index contributed by atoms with van der Waals surface area (Å²) < 4.78 is 0. The molecular weight excluding hydrogens is 499 g/mol. The predicted molar refractivity (Wildman–Crippen MR) is 130 cm³/mol. The van der Waals surface area contributed by atoms with Crippen LogP contribution in [0.15, 0.2) is 42.5 Å². The number of hydrogen-bond donors (Lipinski definition) is 0. The first-order valence-electron chi connectivity index (χ1n) is 11.1. The highest BCUT2D eigenvalue weighted by molar-refractivity contribution is 6.42. The Labute approximate surface area is 212 Å². The monoisotopic (exact) mass is 520 g/mol. The lowest BCUT2D eigenvalue weighted by atomic mass is 9.76. The normalized spacial score (nSPS) is 23.0. The Balaban J connectivity index is 1.76. The Morgan fingerprint density at radius 1 is 0.912 bits per heavy atom. The van der Waals surface area contributed by atoms with Gasteiger partial charge < -0.3 is 0 Å². The lowest BCUT2D eigenvalue weighted by Gasteiger charge is -2.34. The van der Waals surface area contributed by atoms with Crippen molar-refractivity contribution < 1.29 is 19.2 Å². The molecule has 0 bridgehead atoms. The number of hydrogen-bond acceptors (Lipinski definition) is 4. The number of carbonyl (C=O) groups is 4. The van der Waals surface area contributed by atoms with Gasteiger partial charge in [0, 0.05) is 16.1 Å². The van der Waals surface area contributed by atoms with Gasteiger partial charge >= 0.3 is 0 Å². The zero-order valence-electron chi connectivity index (χ0n) is 18.6. The Hall–Kier alpha value is -2.41. The van der Waals surface area contributed by atoms with E-state index < -0.39 is 41.4 Å². The largest absolute Gasteiger partial charge is 0.292 e. The van der Waals surface area contributed by atoms with Crippen LogP contribution in [0.2, 0.25) is 15.1 Å². The second-order valence-corrected chi connectivity index (χ2v) is 10.2. The van der Waals surface area contributed by atoms with Crippen molar-refractivity contribution in [2.75, 3.05) is 0 Å². The Morgan fingerprint density at radius 2 is 1.53 bits per heavy atom. The number of fused-ring (bicyclic) bond motifs is 1. The van der Waals surface area contributed by atoms with Crippen molar-refractivity contribution in [1.82, 2.24) is 10.0 Å². The molecule has 2 fully saturated rings. The molecule has 0 spiro atoms. The molecule has 0 radical (unpaired) electrons. The highest BCUT2D eigenvalue weighted by Crippen LogP contribution is 2.42. The third-order valence-corrected chi connectivity index (χ3v) is 7.62. The first-order chi connectivity index (χ1) is 16.1. The van der Waals surface area contributed by atoms with Crippen molar-refractivity contribution in [3.8, 4) is 0 Å². The van der Waals surface area contributed by atoms with Crippen LogP contribution in [0.1, 0.15) is 53.8 Å². The number of benzene rings is 2. The van der Waals surface area contributed by atoms with Crippen LogP contribution in [0.5, 0.6) is 0 Å². The topological polar surface area (TPSA) is 74.8 Å². The fourth-order valence-electron chi connectivity index (χ4n) is 4.75. The fourth-order valence-corrected chi connectivity index (χ4v) is 5.18. The number of hydrazine groups is 1. The third kappa shape index (κ3) is 4.47. The summed E-state index contributed by atoms with van der Waals surface area (Å²) in [7, 11) is 0. The average Bonchev–Trinajstić information content (AvgIpc) is 3.05. The van der Waals surface area contributed by atoms with E-state index in [0.717, 1.165) is 16.4 Å². The van der Waals surface area contributed by atoms with Crippen molar-refractivity contribution in [2.45, 2.75) is 39.2 Å². The molecule has 4 rings (SSSR count). The summed E-state index contributed by atoms with van der Waals surface area (Å²) in [6.07, 6.45) is 1.97. The molecule has 2 aromatic carbocycles. The van der Waals surface area contributed by atoms with Crippen LogP contribution in [0.4, 0.5) is 0 Å². The number of Topliss-reactive ketones (excluding diaryl/α,β-unsaturated/α-hetero) is 1. The summed E-state index contributed by atoms with van der Waals surface area (Å²) in [5.74, 6) is -2.73. The van der Waals surface area contributed by atoms with E-state index in [9.17, 15) is 19.2 Å². The van der Waals surface area contributed by atoms with E-state index in [4.69, 9.17) is 34.8 Å². The molecule has 1 saturated heterocycles. The number of amides is 3. The quantitative estimate of drug-likeness (QED) is 0.374. The van der Waals surface area contributed by atoms with Crippen LogP contribution in [0, 0.1) is 17.8 Å². The van der Waals surface area contributed by atoms with Crippen molar-refractivity contribution in [3.05, 3.63) is 68.7 Å². The molecule has 178 valence electrons. The summed E-state index contributed by atoms with van der Waals surface area (Å²) >= 11 is 18.1. The first-order valence-corrected chi connectivity index (χ1v) is 12.2. The van der Waals surface area contributed by atoms with E-state index in [0.29, 0.717) is 29.3 Å². The van der Waals surface area contributed by atoms with E-state index in [2.05, 4.69) is 0 Å². The smallest absolute Gasteiger partial charge is 0.273 e. The minimum absolute atomic E-state index is 0.106. The van der Waals surface area contributed by atoms with Gasteiger partial charge in [0.1, 0.15) is 6.04 Å². The van der Waals surface area contributed by atoms with E-state index in [1.54, 1.807) is 12.1 Å². The van der Waals surface area contributed by atoms with Crippen LogP contribution in [-0.2, 0) is 9.59 Å². The maximum Gasteiger partial charge on any atom is 0.273 e. The molecule has 9 heteroatoms. The summed E-state index contributed by atoms with van der Waals surface area (Å²) in [4.78, 5) is 53.9. The molecule has 3 amide bonds. The van der Waals surface area contributed by atoms with Gasteiger partial charge in [-0.2, -0.15) is 5.01 Å². The number of carbonyl (C=O) groups excluding carboxylic acids is 4. The minimum atomic E-state index is -1.14. The molecule has 1 aliphatic carbocycles. The number of halogens is 3. The van der Waals surface area contributed by atoms with Gasteiger partial charge in [0.15, 0.2) is 5.78 Å². The van der Waals surface area contributed by atoms with E-state index in [-0.39, 0.29) is 15.6 Å². The Morgan fingerprint density at radius 3 is 2.18 bits per heavy atom. The van der Waals surface area contributed by atoms with E-state index >= 15 is 0 Å². The van der Waals surface area contributed by atoms with Gasteiger partial charge in [-0.25, -0.2) is 5.01 Å². The molecule has 1 aliphatic heterocycles. The SMILES string of the molecule is C[C@@H]1CC[C@@H]2C(=O)N(N(C(=O)c3ccc(Cl)c(Cl)c3)[C@H](C)C(=O)c3ccc(Cl)cc3)C(=O)[C@H]2C1. The summed E-state index contributed by atoms with van der Waals surface area (Å²) in [5.41, 5.74) is 0.406. The van der Waals surface area contributed by atoms with Gasteiger partial charge in [0.05, 0.1) is 21.9 Å². The summed E-state index contributed by atoms with van der Waals surface area (Å²) in [5, 5.41) is 2.71. The van der Waals surface area contributed by atoms with Gasteiger partial charge in [-0.1, -0.05) is 41.7 Å². The van der Waals surface area contributed by atoms with Crippen LogP contribution in [0.3, 0.4) is 0 Å². The molecule has 0 aromatic heterocycles. The molecule has 4 atom stereocenters. The zero-order valence-corrected chi connectivity index (χ0v) is 20.9. The summed E-state index contributed by atoms with van der Waals surface area (Å²) in [6.45, 7) is 3.54. The van der Waals surface area contributed by atoms with Gasteiger partial charge in [0.25, 0.3) is 17.7 Å². The van der Waals surface area contributed by atoms with Crippen molar-refractivity contribution in [1.29, 1.82) is 0 Å². The lowest BCUT2D eigenvalue weighted by molar-refractivity contribution is -0.156. The Kier molecular flexibility index (Phi) is 7.04. The fraction of sp³-hybridized carbons (Fsp3) is 0.360. The molecule has 2 aromatic rings. The van der Waals surface area contributed by atoms with Crippen LogP contribution < -0.4 is 0 Å². The molecule has 6 nitrogen and oxygen atoms in total. The average molecular weight is 522 g/mol. The lowest BCUT2D eigenvalue weighted by Crippen LogP contribution is -2.56. The number of nitrogens with zero attached hydrogens (tertiary/aromatic N) is 2. The highest BCUT2D eigenvalue weighted by atomic mass is 35.5. The van der Waals surface area contributed by atoms with Crippen LogP contribution in [-0.4, -0.2) is 39.6 Å². The van der Waals surface area contributed by atoms with E-state index in [1.807, 2.05) is 6.92 Å². The number of ketones is 1. The third-order valence-electron chi connectivity index (χ3n) is 6.63. The molecule has 34 heavy (non-hydrogen) atoms. The predicted octanol–water partition coefficient (Wildman–Crippen LogP) is 5.70. The van der Waals surface area contributed by atoms with Gasteiger partial charge in [-0.05, 0) is 74.6 Å². The second kappa shape index (κ2) is 9.68. The zero-order chi connectivity index (χ0) is 24.7. The molecule has 0 unspecified atom stereocenters. The van der Waals surface area contributed by atoms with Crippen molar-refractivity contribution >= 4 is 58.3 Å². The summed E-state index contributed by atoms with van der Waals surface area (Å²) in [6, 6.07) is 9.33. The molecular formula is C25H23Cl3N2O4. The maximum absolute atomic E-state index is 13.7. The minimum Gasteiger partial charge on any atom is -0.292 e. The van der Waals surface area contributed by atoms with Crippen LogP contribution in [0.25, 0.3) is 0 Å². The molecule has 1 saturated carbocycles. The second-order valence-electron chi connectivity index (χ2n) is 8.95. The molecule has 1 heterocycles. The van der Waals surface area contributed by atoms with Gasteiger partial charge in [-0.15, -0.1) is 0 Å². The standard InChI is InChI=1S/C25H23Cl3N2O4/c1-13-3-9-18-19(11-13)25(34)30(24(18)33)29(23(32)16-6-10-20(27)21(28)12-16)14(2)22(31)15-4-7-17(26)8-5-15/h4-8,10,12-14,18-19H,3,9,11H2,1-2H3/t13-,14-,18+,19+/m1/s1. The number of imide groups is 1. The van der Waals surface area contributed by atoms with E-state index in [1.165, 1.54) is 37.3 Å². The Bertz CT molecular complexity index is 1170. The van der Waals surface area contributed by atoms with Crippen molar-refractivity contribution in [2.24, 2.45) is 17.8 Å². The maximum atomic E-state index is 13.7. The highest BCUT2D eigenvalue weighted by Gasteiger charge is 2.54.